The maximum atomic E-state index is 12.9. The molecule has 0 spiro atoms. The maximum Gasteiger partial charge on any atom is 0.393 e. The van der Waals surface area contributed by atoms with Crippen LogP contribution in [-0.4, -0.2) is 28.4 Å². The number of hydrogen-bond donors (Lipinski definition) is 0. The molecule has 1 saturated heterocycles. The second-order valence-corrected chi connectivity index (χ2v) is 5.34. The largest absolute Gasteiger partial charge is 0.393 e. The molecule has 1 aliphatic rings. The topological polar surface area (TPSA) is 71.0 Å². The lowest BCUT2D eigenvalue weighted by molar-refractivity contribution is -0.176. The van der Waals surface area contributed by atoms with Gasteiger partial charge in [-0.1, -0.05) is 0 Å². The summed E-state index contributed by atoms with van der Waals surface area (Å²) in [5.41, 5.74) is -1.78. The zero-order valence-electron chi connectivity index (χ0n) is 12.1. The highest BCUT2D eigenvalue weighted by atomic mass is 19.4. The van der Waals surface area contributed by atoms with Crippen LogP contribution in [0, 0.1) is 17.2 Å². The maximum absolute atomic E-state index is 12.9. The Hall–Kier alpha value is -2.24. The van der Waals surface area contributed by atoms with Crippen molar-refractivity contribution in [3.8, 4) is 6.07 Å². The molecule has 0 N–H and O–H groups in total. The van der Waals surface area contributed by atoms with Crippen molar-refractivity contribution in [2.45, 2.75) is 19.0 Å². The highest BCUT2D eigenvalue weighted by Crippen LogP contribution is 2.34. The summed E-state index contributed by atoms with van der Waals surface area (Å²) in [6.45, 7) is -0.0969. The third-order valence-electron chi connectivity index (χ3n) is 3.93. The molecule has 1 aromatic heterocycles. The summed E-state index contributed by atoms with van der Waals surface area (Å²) in [4.78, 5) is 25.3. The minimum atomic E-state index is -4.34. The first-order valence-electron chi connectivity index (χ1n) is 6.70. The standard InChI is InChI=1S/C13H15F3N4O2/c1-18-10(9(6-17)11(21)19(2)12(18)22)20-5-3-4-8(7-20)13(14,15)16/h8H,3-5,7H2,1-2H3/t8-/m1/s1. The van der Waals surface area contributed by atoms with E-state index in [1.54, 1.807) is 6.07 Å². The summed E-state index contributed by atoms with van der Waals surface area (Å²) >= 11 is 0. The summed E-state index contributed by atoms with van der Waals surface area (Å²) < 4.78 is 40.6. The molecule has 0 bridgehead atoms. The van der Waals surface area contributed by atoms with Crippen LogP contribution in [0.5, 0.6) is 0 Å². The van der Waals surface area contributed by atoms with Crippen LogP contribution in [0.15, 0.2) is 9.59 Å². The van der Waals surface area contributed by atoms with Crippen molar-refractivity contribution in [2.24, 2.45) is 20.0 Å². The molecular weight excluding hydrogens is 301 g/mol. The number of piperidine rings is 1. The summed E-state index contributed by atoms with van der Waals surface area (Å²) in [7, 11) is 2.57. The van der Waals surface area contributed by atoms with E-state index in [9.17, 15) is 22.8 Å². The monoisotopic (exact) mass is 316 g/mol. The van der Waals surface area contributed by atoms with Gasteiger partial charge in [0.2, 0.25) is 0 Å². The highest BCUT2D eigenvalue weighted by Gasteiger charge is 2.42. The summed E-state index contributed by atoms with van der Waals surface area (Å²) in [5.74, 6) is -1.57. The van der Waals surface area contributed by atoms with Crippen LogP contribution in [0.3, 0.4) is 0 Å². The zero-order chi connectivity index (χ0) is 16.7. The number of nitriles is 1. The van der Waals surface area contributed by atoms with Gasteiger partial charge in [-0.05, 0) is 12.8 Å². The first-order valence-corrected chi connectivity index (χ1v) is 6.70. The van der Waals surface area contributed by atoms with E-state index in [2.05, 4.69) is 0 Å². The number of alkyl halides is 3. The Kier molecular flexibility index (Phi) is 4.04. The van der Waals surface area contributed by atoms with Crippen molar-refractivity contribution < 1.29 is 13.2 Å². The van der Waals surface area contributed by atoms with Gasteiger partial charge in [-0.2, -0.15) is 18.4 Å². The molecule has 6 nitrogen and oxygen atoms in total. The van der Waals surface area contributed by atoms with E-state index in [4.69, 9.17) is 5.26 Å². The fourth-order valence-corrected chi connectivity index (χ4v) is 2.74. The summed E-state index contributed by atoms with van der Waals surface area (Å²) in [5, 5.41) is 9.17. The van der Waals surface area contributed by atoms with Gasteiger partial charge in [0, 0.05) is 27.2 Å². The molecular formula is C13H15F3N4O2. The molecule has 0 aliphatic carbocycles. The molecule has 1 aromatic rings. The van der Waals surface area contributed by atoms with E-state index in [-0.39, 0.29) is 37.3 Å². The van der Waals surface area contributed by atoms with Crippen molar-refractivity contribution in [1.29, 1.82) is 5.26 Å². The summed E-state index contributed by atoms with van der Waals surface area (Å²) in [6, 6.07) is 1.71. The van der Waals surface area contributed by atoms with Crippen LogP contribution in [0.1, 0.15) is 18.4 Å². The first kappa shape index (κ1) is 16.1. The predicted molar refractivity (Wildman–Crippen MR) is 72.6 cm³/mol. The number of hydrogen-bond acceptors (Lipinski definition) is 4. The van der Waals surface area contributed by atoms with Crippen LogP contribution >= 0.6 is 0 Å². The van der Waals surface area contributed by atoms with Gasteiger partial charge >= 0.3 is 11.9 Å². The van der Waals surface area contributed by atoms with E-state index in [0.29, 0.717) is 0 Å². The van der Waals surface area contributed by atoms with E-state index < -0.39 is 23.3 Å². The zero-order valence-corrected chi connectivity index (χ0v) is 12.1. The van der Waals surface area contributed by atoms with Gasteiger partial charge in [-0.15, -0.1) is 0 Å². The fourth-order valence-electron chi connectivity index (χ4n) is 2.74. The normalized spacial score (nSPS) is 19.1. The highest BCUT2D eigenvalue weighted by molar-refractivity contribution is 5.53. The van der Waals surface area contributed by atoms with E-state index >= 15 is 0 Å². The quantitative estimate of drug-likeness (QED) is 0.766. The van der Waals surface area contributed by atoms with Crippen molar-refractivity contribution in [3.05, 3.63) is 26.4 Å². The van der Waals surface area contributed by atoms with Crippen LogP contribution in [-0.2, 0) is 14.1 Å². The number of anilines is 1. The molecule has 120 valence electrons. The Bertz CT molecular complexity index is 742. The molecule has 9 heteroatoms. The SMILES string of the molecule is Cn1c(N2CCC[C@@H](C(F)(F)F)C2)c(C#N)c(=O)n(C)c1=O. The second kappa shape index (κ2) is 5.51. The van der Waals surface area contributed by atoms with Crippen molar-refractivity contribution in [1.82, 2.24) is 9.13 Å². The van der Waals surface area contributed by atoms with Crippen molar-refractivity contribution in [2.75, 3.05) is 18.0 Å². The van der Waals surface area contributed by atoms with Crippen LogP contribution < -0.4 is 16.1 Å². The van der Waals surface area contributed by atoms with Gasteiger partial charge in [0.1, 0.15) is 11.9 Å². The lowest BCUT2D eigenvalue weighted by Gasteiger charge is -2.36. The lowest BCUT2D eigenvalue weighted by atomic mass is 9.97. The molecule has 0 saturated carbocycles. The molecule has 1 aliphatic heterocycles. The molecule has 2 rings (SSSR count). The third-order valence-corrected chi connectivity index (χ3v) is 3.93. The molecule has 1 fully saturated rings. The van der Waals surface area contributed by atoms with Gasteiger partial charge in [-0.25, -0.2) is 4.79 Å². The summed E-state index contributed by atoms with van der Waals surface area (Å²) in [6.07, 6.45) is -4.07. The number of aromatic nitrogens is 2. The van der Waals surface area contributed by atoms with E-state index in [1.807, 2.05) is 0 Å². The minimum absolute atomic E-state index is 0.000671. The Morgan fingerprint density at radius 3 is 2.41 bits per heavy atom. The van der Waals surface area contributed by atoms with E-state index in [0.717, 1.165) is 9.13 Å². The lowest BCUT2D eigenvalue weighted by Crippen LogP contribution is -2.47. The van der Waals surface area contributed by atoms with Crippen LogP contribution in [0.2, 0.25) is 0 Å². The van der Waals surface area contributed by atoms with Gasteiger partial charge < -0.3 is 4.90 Å². The smallest absolute Gasteiger partial charge is 0.356 e. The van der Waals surface area contributed by atoms with Crippen LogP contribution in [0.4, 0.5) is 19.0 Å². The van der Waals surface area contributed by atoms with Gasteiger partial charge in [0.15, 0.2) is 5.56 Å². The van der Waals surface area contributed by atoms with Crippen molar-refractivity contribution >= 4 is 5.82 Å². The Balaban J connectivity index is 2.56. The molecule has 0 amide bonds. The van der Waals surface area contributed by atoms with Crippen LogP contribution in [0.25, 0.3) is 0 Å². The predicted octanol–water partition coefficient (Wildman–Crippen LogP) is 0.734. The number of halogens is 3. The number of rotatable bonds is 1. The molecule has 0 radical (unpaired) electrons. The average Bonchev–Trinajstić information content (AvgIpc) is 2.47. The second-order valence-electron chi connectivity index (χ2n) is 5.34. The Labute approximate surface area is 124 Å². The fraction of sp³-hybridized carbons (Fsp3) is 0.615. The molecule has 1 atom stereocenters. The van der Waals surface area contributed by atoms with Gasteiger partial charge in [0.05, 0.1) is 5.92 Å². The molecule has 0 aromatic carbocycles. The minimum Gasteiger partial charge on any atom is -0.356 e. The van der Waals surface area contributed by atoms with Gasteiger partial charge in [-0.3, -0.25) is 13.9 Å². The molecule has 22 heavy (non-hydrogen) atoms. The Morgan fingerprint density at radius 2 is 1.86 bits per heavy atom. The third kappa shape index (κ3) is 2.61. The average molecular weight is 316 g/mol. The van der Waals surface area contributed by atoms with E-state index in [1.165, 1.54) is 19.0 Å². The molecule has 2 heterocycles. The van der Waals surface area contributed by atoms with Crippen molar-refractivity contribution in [3.63, 3.8) is 0 Å². The first-order chi connectivity index (χ1) is 10.2. The molecule has 0 unspecified atom stereocenters. The Morgan fingerprint density at radius 1 is 1.23 bits per heavy atom. The van der Waals surface area contributed by atoms with Gasteiger partial charge in [0.25, 0.3) is 5.56 Å². The number of nitrogens with zero attached hydrogens (tertiary/aromatic N) is 4.